The van der Waals surface area contributed by atoms with Crippen LogP contribution in [0.5, 0.6) is 0 Å². The molecule has 0 bridgehead atoms. The number of benzene rings is 2. The maximum atomic E-state index is 12.3. The molecular formula is C19H19NO2. The lowest BCUT2D eigenvalue weighted by Gasteiger charge is -2.07. The molecule has 3 aromatic rings. The van der Waals surface area contributed by atoms with Crippen molar-refractivity contribution in [3.05, 3.63) is 59.3 Å². The number of H-pyrrole nitrogens is 1. The predicted octanol–water partition coefficient (Wildman–Crippen LogP) is 4.63. The van der Waals surface area contributed by atoms with Crippen LogP contribution in [0.1, 0.15) is 28.5 Å². The molecule has 3 rings (SSSR count). The third kappa shape index (κ3) is 2.39. The smallest absolute Gasteiger partial charge is 0.355 e. The molecule has 0 amide bonds. The Kier molecular flexibility index (Phi) is 3.72. The number of nitrogens with one attached hydrogen (secondary N) is 1. The topological polar surface area (TPSA) is 42.1 Å². The van der Waals surface area contributed by atoms with Crippen LogP contribution >= 0.6 is 0 Å². The van der Waals surface area contributed by atoms with E-state index in [0.717, 1.165) is 22.0 Å². The monoisotopic (exact) mass is 293 g/mol. The maximum Gasteiger partial charge on any atom is 0.355 e. The summed E-state index contributed by atoms with van der Waals surface area (Å²) in [6, 6.07) is 14.2. The Morgan fingerprint density at radius 1 is 1.09 bits per heavy atom. The van der Waals surface area contributed by atoms with Crippen molar-refractivity contribution >= 4 is 16.9 Å². The number of esters is 1. The SMILES string of the molecule is CCOC(=O)c1[nH]c2ccccc2c1-c1ccc(C)c(C)c1. The fourth-order valence-corrected chi connectivity index (χ4v) is 2.70. The van der Waals surface area contributed by atoms with Gasteiger partial charge in [-0.05, 0) is 43.5 Å². The van der Waals surface area contributed by atoms with Crippen LogP contribution in [0.15, 0.2) is 42.5 Å². The number of hydrogen-bond donors (Lipinski definition) is 1. The van der Waals surface area contributed by atoms with E-state index in [1.807, 2.05) is 31.2 Å². The molecule has 112 valence electrons. The zero-order valence-electron chi connectivity index (χ0n) is 13.1. The minimum atomic E-state index is -0.313. The number of para-hydroxylation sites is 1. The molecule has 0 radical (unpaired) electrons. The number of fused-ring (bicyclic) bond motifs is 1. The van der Waals surface area contributed by atoms with Gasteiger partial charge < -0.3 is 9.72 Å². The zero-order chi connectivity index (χ0) is 15.7. The van der Waals surface area contributed by atoms with Gasteiger partial charge in [-0.3, -0.25) is 0 Å². The molecule has 0 atom stereocenters. The van der Waals surface area contributed by atoms with Crippen LogP contribution in [0.3, 0.4) is 0 Å². The lowest BCUT2D eigenvalue weighted by Crippen LogP contribution is -2.06. The molecule has 1 heterocycles. The van der Waals surface area contributed by atoms with Crippen LogP contribution in [0.4, 0.5) is 0 Å². The van der Waals surface area contributed by atoms with E-state index < -0.39 is 0 Å². The second-order valence-electron chi connectivity index (χ2n) is 5.44. The lowest BCUT2D eigenvalue weighted by molar-refractivity contribution is 0.0521. The summed E-state index contributed by atoms with van der Waals surface area (Å²) in [6.07, 6.45) is 0. The van der Waals surface area contributed by atoms with Gasteiger partial charge in [-0.2, -0.15) is 0 Å². The average Bonchev–Trinajstić information content (AvgIpc) is 2.90. The van der Waals surface area contributed by atoms with Crippen LogP contribution in [-0.4, -0.2) is 17.6 Å². The molecule has 0 saturated heterocycles. The molecule has 1 aromatic heterocycles. The lowest BCUT2D eigenvalue weighted by atomic mass is 9.98. The summed E-state index contributed by atoms with van der Waals surface area (Å²) in [5.41, 5.74) is 5.85. The van der Waals surface area contributed by atoms with Gasteiger partial charge in [0, 0.05) is 16.5 Å². The van der Waals surface area contributed by atoms with Gasteiger partial charge in [0.05, 0.1) is 6.61 Å². The number of carbonyl (C=O) groups is 1. The number of aromatic nitrogens is 1. The largest absolute Gasteiger partial charge is 0.461 e. The van der Waals surface area contributed by atoms with E-state index in [1.54, 1.807) is 0 Å². The summed E-state index contributed by atoms with van der Waals surface area (Å²) in [6.45, 7) is 6.34. The van der Waals surface area contributed by atoms with E-state index in [9.17, 15) is 4.79 Å². The van der Waals surface area contributed by atoms with Crippen molar-refractivity contribution in [1.29, 1.82) is 0 Å². The number of hydrogen-bond acceptors (Lipinski definition) is 2. The molecule has 0 aliphatic carbocycles. The molecule has 22 heavy (non-hydrogen) atoms. The van der Waals surface area contributed by atoms with Gasteiger partial charge in [-0.25, -0.2) is 4.79 Å². The van der Waals surface area contributed by atoms with Crippen LogP contribution in [0, 0.1) is 13.8 Å². The van der Waals surface area contributed by atoms with E-state index in [2.05, 4.69) is 37.0 Å². The quantitative estimate of drug-likeness (QED) is 0.715. The van der Waals surface area contributed by atoms with Crippen LogP contribution in [0.25, 0.3) is 22.0 Å². The molecule has 1 N–H and O–H groups in total. The van der Waals surface area contributed by atoms with E-state index in [-0.39, 0.29) is 5.97 Å². The summed E-state index contributed by atoms with van der Waals surface area (Å²) in [7, 11) is 0. The molecule has 0 spiro atoms. The van der Waals surface area contributed by atoms with E-state index in [0.29, 0.717) is 12.3 Å². The Balaban J connectivity index is 2.27. The first-order valence-electron chi connectivity index (χ1n) is 7.47. The summed E-state index contributed by atoms with van der Waals surface area (Å²) >= 11 is 0. The minimum absolute atomic E-state index is 0.313. The second-order valence-corrected chi connectivity index (χ2v) is 5.44. The first-order chi connectivity index (χ1) is 10.6. The predicted molar refractivity (Wildman–Crippen MR) is 89.2 cm³/mol. The van der Waals surface area contributed by atoms with Gasteiger partial charge in [-0.1, -0.05) is 36.4 Å². The normalized spacial score (nSPS) is 10.9. The number of aryl methyl sites for hydroxylation is 2. The Morgan fingerprint density at radius 3 is 2.59 bits per heavy atom. The van der Waals surface area contributed by atoms with Crippen molar-refractivity contribution in [3.8, 4) is 11.1 Å². The average molecular weight is 293 g/mol. The minimum Gasteiger partial charge on any atom is -0.461 e. The van der Waals surface area contributed by atoms with E-state index in [4.69, 9.17) is 4.74 Å². The van der Waals surface area contributed by atoms with Crippen molar-refractivity contribution in [1.82, 2.24) is 4.98 Å². The zero-order valence-corrected chi connectivity index (χ0v) is 13.1. The maximum absolute atomic E-state index is 12.3. The number of ether oxygens (including phenoxy) is 1. The van der Waals surface area contributed by atoms with Crippen molar-refractivity contribution in [2.75, 3.05) is 6.61 Å². The fourth-order valence-electron chi connectivity index (χ4n) is 2.70. The van der Waals surface area contributed by atoms with Gasteiger partial charge in [0.2, 0.25) is 0 Å². The van der Waals surface area contributed by atoms with Crippen molar-refractivity contribution in [2.24, 2.45) is 0 Å². The highest BCUT2D eigenvalue weighted by atomic mass is 16.5. The number of rotatable bonds is 3. The Hall–Kier alpha value is -2.55. The van der Waals surface area contributed by atoms with Gasteiger partial charge in [-0.15, -0.1) is 0 Å². The number of carbonyl (C=O) groups excluding carboxylic acids is 1. The summed E-state index contributed by atoms with van der Waals surface area (Å²) < 4.78 is 5.20. The molecular weight excluding hydrogens is 274 g/mol. The van der Waals surface area contributed by atoms with Gasteiger partial charge in [0.1, 0.15) is 5.69 Å². The summed E-state index contributed by atoms with van der Waals surface area (Å²) in [4.78, 5) is 15.5. The highest BCUT2D eigenvalue weighted by molar-refractivity contribution is 6.08. The molecule has 0 aliphatic heterocycles. The van der Waals surface area contributed by atoms with Gasteiger partial charge in [0.15, 0.2) is 0 Å². The van der Waals surface area contributed by atoms with Gasteiger partial charge in [0.25, 0.3) is 0 Å². The highest BCUT2D eigenvalue weighted by Crippen LogP contribution is 2.33. The van der Waals surface area contributed by atoms with Crippen molar-refractivity contribution in [3.63, 3.8) is 0 Å². The third-order valence-corrected chi connectivity index (χ3v) is 3.98. The second kappa shape index (κ2) is 5.68. The third-order valence-electron chi connectivity index (χ3n) is 3.98. The first-order valence-corrected chi connectivity index (χ1v) is 7.47. The summed E-state index contributed by atoms with van der Waals surface area (Å²) in [5.74, 6) is -0.313. The van der Waals surface area contributed by atoms with Crippen LogP contribution in [-0.2, 0) is 4.74 Å². The molecule has 2 aromatic carbocycles. The Bertz CT molecular complexity index is 846. The molecule has 0 saturated carbocycles. The van der Waals surface area contributed by atoms with E-state index in [1.165, 1.54) is 11.1 Å². The first kappa shape index (κ1) is 14.4. The Labute approximate surface area is 129 Å². The molecule has 3 heteroatoms. The van der Waals surface area contributed by atoms with Gasteiger partial charge >= 0.3 is 5.97 Å². The molecule has 0 aliphatic rings. The molecule has 3 nitrogen and oxygen atoms in total. The standard InChI is InChI=1S/C19H19NO2/c1-4-22-19(21)18-17(14-10-9-12(2)13(3)11-14)15-7-5-6-8-16(15)20-18/h5-11,20H,4H2,1-3H3. The summed E-state index contributed by atoms with van der Waals surface area (Å²) in [5, 5.41) is 1.04. The van der Waals surface area contributed by atoms with Crippen LogP contribution < -0.4 is 0 Å². The molecule has 0 unspecified atom stereocenters. The van der Waals surface area contributed by atoms with E-state index >= 15 is 0 Å². The number of aromatic amines is 1. The van der Waals surface area contributed by atoms with Crippen molar-refractivity contribution in [2.45, 2.75) is 20.8 Å². The van der Waals surface area contributed by atoms with Crippen LogP contribution in [0.2, 0.25) is 0 Å². The molecule has 0 fully saturated rings. The fraction of sp³-hybridized carbons (Fsp3) is 0.211. The van der Waals surface area contributed by atoms with Crippen molar-refractivity contribution < 1.29 is 9.53 Å². The highest BCUT2D eigenvalue weighted by Gasteiger charge is 2.20. The Morgan fingerprint density at radius 2 is 1.86 bits per heavy atom.